The summed E-state index contributed by atoms with van der Waals surface area (Å²) in [6.07, 6.45) is 1.52. The summed E-state index contributed by atoms with van der Waals surface area (Å²) in [5.41, 5.74) is 1.46. The second kappa shape index (κ2) is 8.20. The van der Waals surface area contributed by atoms with Crippen LogP contribution in [0.4, 0.5) is 8.78 Å². The highest BCUT2D eigenvalue weighted by molar-refractivity contribution is 5.77. The summed E-state index contributed by atoms with van der Waals surface area (Å²) < 4.78 is 42.0. The number of oxazole rings is 1. The Morgan fingerprint density at radius 1 is 1.21 bits per heavy atom. The third-order valence-electron chi connectivity index (χ3n) is 3.55. The molecule has 1 N–H and O–H groups in total. The number of nitrogens with one attached hydrogen (secondary N) is 1. The van der Waals surface area contributed by atoms with Gasteiger partial charge in [-0.3, -0.25) is 4.79 Å². The average Bonchev–Trinajstić information content (AvgIpc) is 3.06. The molecule has 0 fully saturated rings. The normalized spacial score (nSPS) is 11.4. The lowest BCUT2D eigenvalue weighted by Gasteiger charge is -2.11. The molecule has 3 aromatic rings. The number of halogens is 2. The molecule has 0 aliphatic carbocycles. The second-order valence-electron chi connectivity index (χ2n) is 6.22. The van der Waals surface area contributed by atoms with E-state index in [0.29, 0.717) is 35.7 Å². The van der Waals surface area contributed by atoms with Crippen molar-refractivity contribution in [1.29, 1.82) is 0 Å². The van der Waals surface area contributed by atoms with Crippen LogP contribution in [0.2, 0.25) is 0 Å². The highest BCUT2D eigenvalue weighted by Gasteiger charge is 2.22. The number of benzene rings is 1. The van der Waals surface area contributed by atoms with Crippen molar-refractivity contribution < 1.29 is 27.5 Å². The molecular formula is C19H19F2N3O4. The SMILES string of the molecule is CC(=O)NCCOc1ccc(-c2nc3ccc(OCC(C)(F)F)cc3o2)nc1. The molecule has 3 rings (SSSR count). The maximum absolute atomic E-state index is 12.9. The lowest BCUT2D eigenvalue weighted by atomic mass is 10.3. The minimum Gasteiger partial charge on any atom is -0.490 e. The summed E-state index contributed by atoms with van der Waals surface area (Å²) in [6, 6.07) is 8.10. The fourth-order valence-corrected chi connectivity index (χ4v) is 2.30. The average molecular weight is 391 g/mol. The van der Waals surface area contributed by atoms with E-state index in [1.807, 2.05) is 0 Å². The molecule has 148 valence electrons. The summed E-state index contributed by atoms with van der Waals surface area (Å²) in [7, 11) is 0. The van der Waals surface area contributed by atoms with Gasteiger partial charge in [0.1, 0.15) is 29.3 Å². The standard InChI is InChI=1S/C19H19F2N3O4/c1-12(25)22-7-8-26-14-4-6-16(23-10-14)18-24-15-5-3-13(9-17(15)28-18)27-11-19(2,20)21/h3-6,9-10H,7-8,11H2,1-2H3,(H,22,25). The molecule has 0 spiro atoms. The van der Waals surface area contributed by atoms with E-state index < -0.39 is 12.5 Å². The van der Waals surface area contributed by atoms with Crippen molar-refractivity contribution in [3.8, 4) is 23.1 Å². The Morgan fingerprint density at radius 2 is 2.00 bits per heavy atom. The molecule has 0 radical (unpaired) electrons. The number of carbonyl (C=O) groups is 1. The molecule has 28 heavy (non-hydrogen) atoms. The number of carbonyl (C=O) groups excluding carboxylic acids is 1. The Balaban J connectivity index is 1.66. The van der Waals surface area contributed by atoms with E-state index in [2.05, 4.69) is 15.3 Å². The third kappa shape index (κ3) is 5.38. The molecule has 0 aliphatic heterocycles. The number of nitrogens with zero attached hydrogens (tertiary/aromatic N) is 2. The molecule has 2 heterocycles. The predicted octanol–water partition coefficient (Wildman–Crippen LogP) is 3.44. The van der Waals surface area contributed by atoms with Gasteiger partial charge in [-0.15, -0.1) is 0 Å². The Morgan fingerprint density at radius 3 is 2.68 bits per heavy atom. The van der Waals surface area contributed by atoms with Gasteiger partial charge in [0.05, 0.1) is 12.7 Å². The van der Waals surface area contributed by atoms with Crippen LogP contribution < -0.4 is 14.8 Å². The summed E-state index contributed by atoms with van der Waals surface area (Å²) in [5, 5.41) is 2.63. The first-order valence-corrected chi connectivity index (χ1v) is 8.55. The summed E-state index contributed by atoms with van der Waals surface area (Å²) in [4.78, 5) is 19.4. The number of pyridine rings is 1. The number of rotatable bonds is 8. The zero-order chi connectivity index (χ0) is 20.1. The van der Waals surface area contributed by atoms with Gasteiger partial charge in [0, 0.05) is 19.9 Å². The highest BCUT2D eigenvalue weighted by Crippen LogP contribution is 2.27. The van der Waals surface area contributed by atoms with Gasteiger partial charge >= 0.3 is 0 Å². The molecular weight excluding hydrogens is 372 g/mol. The van der Waals surface area contributed by atoms with Gasteiger partial charge in [0.15, 0.2) is 12.2 Å². The van der Waals surface area contributed by atoms with Gasteiger partial charge in [-0.2, -0.15) is 0 Å². The molecule has 1 amide bonds. The number of hydrogen-bond acceptors (Lipinski definition) is 6. The summed E-state index contributed by atoms with van der Waals surface area (Å²) >= 11 is 0. The molecule has 0 saturated carbocycles. The summed E-state index contributed by atoms with van der Waals surface area (Å²) in [6.45, 7) is 2.23. The molecule has 0 unspecified atom stereocenters. The largest absolute Gasteiger partial charge is 0.490 e. The zero-order valence-electron chi connectivity index (χ0n) is 15.4. The van der Waals surface area contributed by atoms with Crippen LogP contribution in [0.25, 0.3) is 22.7 Å². The number of hydrogen-bond donors (Lipinski definition) is 1. The molecule has 9 heteroatoms. The number of alkyl halides is 2. The minimum absolute atomic E-state index is 0.120. The first-order valence-electron chi connectivity index (χ1n) is 8.55. The quantitative estimate of drug-likeness (QED) is 0.592. The topological polar surface area (TPSA) is 86.5 Å². The molecule has 0 aliphatic rings. The Bertz CT molecular complexity index is 952. The van der Waals surface area contributed by atoms with E-state index >= 15 is 0 Å². The lowest BCUT2D eigenvalue weighted by Crippen LogP contribution is -2.25. The Hall–Kier alpha value is -3.23. The van der Waals surface area contributed by atoms with Crippen LogP contribution in [0.15, 0.2) is 40.9 Å². The van der Waals surface area contributed by atoms with E-state index in [9.17, 15) is 13.6 Å². The van der Waals surface area contributed by atoms with Crippen LogP contribution in [0.1, 0.15) is 13.8 Å². The number of fused-ring (bicyclic) bond motifs is 1. The lowest BCUT2D eigenvalue weighted by molar-refractivity contribution is -0.119. The van der Waals surface area contributed by atoms with E-state index in [4.69, 9.17) is 13.9 Å². The van der Waals surface area contributed by atoms with Crippen molar-refractivity contribution in [1.82, 2.24) is 15.3 Å². The van der Waals surface area contributed by atoms with Crippen LogP contribution in [0.5, 0.6) is 11.5 Å². The highest BCUT2D eigenvalue weighted by atomic mass is 19.3. The van der Waals surface area contributed by atoms with Crippen LogP contribution in [0, 0.1) is 0 Å². The predicted molar refractivity (Wildman–Crippen MR) is 97.5 cm³/mol. The monoisotopic (exact) mass is 391 g/mol. The van der Waals surface area contributed by atoms with Gasteiger partial charge in [-0.25, -0.2) is 18.7 Å². The van der Waals surface area contributed by atoms with Crippen molar-refractivity contribution in [3.05, 3.63) is 36.5 Å². The molecule has 2 aromatic heterocycles. The van der Waals surface area contributed by atoms with Crippen LogP contribution in [0.3, 0.4) is 0 Å². The number of aromatic nitrogens is 2. The van der Waals surface area contributed by atoms with Gasteiger partial charge < -0.3 is 19.2 Å². The third-order valence-corrected chi connectivity index (χ3v) is 3.55. The van der Waals surface area contributed by atoms with Gasteiger partial charge in [0.25, 0.3) is 5.92 Å². The molecule has 7 nitrogen and oxygen atoms in total. The van der Waals surface area contributed by atoms with Crippen LogP contribution >= 0.6 is 0 Å². The van der Waals surface area contributed by atoms with Gasteiger partial charge in [-0.05, 0) is 24.3 Å². The summed E-state index contributed by atoms with van der Waals surface area (Å²) in [5.74, 6) is -1.94. The van der Waals surface area contributed by atoms with E-state index in [0.717, 1.165) is 6.92 Å². The zero-order valence-corrected chi connectivity index (χ0v) is 15.4. The first-order chi connectivity index (χ1) is 13.3. The maximum atomic E-state index is 12.9. The van der Waals surface area contributed by atoms with Crippen molar-refractivity contribution in [2.75, 3.05) is 19.8 Å². The van der Waals surface area contributed by atoms with E-state index in [1.54, 1.807) is 24.3 Å². The maximum Gasteiger partial charge on any atom is 0.278 e. The van der Waals surface area contributed by atoms with Crippen molar-refractivity contribution >= 4 is 17.0 Å². The Labute approximate surface area is 159 Å². The van der Waals surface area contributed by atoms with E-state index in [-0.39, 0.29) is 17.5 Å². The molecule has 0 bridgehead atoms. The van der Waals surface area contributed by atoms with Crippen molar-refractivity contribution in [2.24, 2.45) is 0 Å². The fraction of sp³-hybridized carbons (Fsp3) is 0.316. The Kier molecular flexibility index (Phi) is 5.72. The number of amides is 1. The fourth-order valence-electron chi connectivity index (χ4n) is 2.30. The molecule has 0 saturated heterocycles. The van der Waals surface area contributed by atoms with Crippen molar-refractivity contribution in [3.63, 3.8) is 0 Å². The van der Waals surface area contributed by atoms with Crippen LogP contribution in [-0.2, 0) is 4.79 Å². The van der Waals surface area contributed by atoms with E-state index in [1.165, 1.54) is 19.2 Å². The molecule has 1 aromatic carbocycles. The van der Waals surface area contributed by atoms with Crippen molar-refractivity contribution in [2.45, 2.75) is 19.8 Å². The second-order valence-corrected chi connectivity index (χ2v) is 6.22. The van der Waals surface area contributed by atoms with Crippen LogP contribution in [-0.4, -0.2) is 41.6 Å². The van der Waals surface area contributed by atoms with Gasteiger partial charge in [-0.1, -0.05) is 0 Å². The molecule has 0 atom stereocenters. The first kappa shape index (κ1) is 19.5. The number of ether oxygens (including phenoxy) is 2. The van der Waals surface area contributed by atoms with Gasteiger partial charge in [0.2, 0.25) is 11.8 Å². The minimum atomic E-state index is -2.92. The smallest absolute Gasteiger partial charge is 0.278 e.